The molecule has 3 unspecified atom stereocenters. The molecule has 2 aromatic rings. The second kappa shape index (κ2) is 8.19. The van der Waals surface area contributed by atoms with Crippen molar-refractivity contribution in [3.63, 3.8) is 0 Å². The van der Waals surface area contributed by atoms with E-state index in [2.05, 4.69) is 34.1 Å². The topological polar surface area (TPSA) is 52.9 Å². The van der Waals surface area contributed by atoms with Crippen LogP contribution >= 0.6 is 15.9 Å². The average Bonchev–Trinajstić information content (AvgIpc) is 2.68. The van der Waals surface area contributed by atoms with Gasteiger partial charge in [-0.15, -0.1) is 0 Å². The van der Waals surface area contributed by atoms with Crippen LogP contribution < -0.4 is 0 Å². The lowest BCUT2D eigenvalue weighted by atomic mass is 9.79. The molecule has 0 spiro atoms. The number of aliphatic hydroxyl groups excluding tert-OH is 1. The van der Waals surface area contributed by atoms with Gasteiger partial charge in [-0.05, 0) is 35.7 Å². The number of rotatable bonds is 5. The molecule has 140 valence electrons. The molecule has 3 rings (SSSR count). The van der Waals surface area contributed by atoms with Crippen LogP contribution in [0, 0.1) is 0 Å². The van der Waals surface area contributed by atoms with Gasteiger partial charge < -0.3 is 14.9 Å². The summed E-state index contributed by atoms with van der Waals surface area (Å²) in [5, 5.41) is 22.1. The summed E-state index contributed by atoms with van der Waals surface area (Å²) < 4.78 is 6.39. The number of morpholine rings is 1. The van der Waals surface area contributed by atoms with Crippen LogP contribution in [-0.4, -0.2) is 53.2 Å². The zero-order valence-electron chi connectivity index (χ0n) is 15.2. The Morgan fingerprint density at radius 1 is 1.08 bits per heavy atom. The van der Waals surface area contributed by atoms with Gasteiger partial charge in [0.25, 0.3) is 0 Å². The predicted octanol–water partition coefficient (Wildman–Crippen LogP) is 3.62. The van der Waals surface area contributed by atoms with Crippen molar-refractivity contribution >= 4 is 15.9 Å². The number of halogens is 1. The molecule has 4 nitrogen and oxygen atoms in total. The lowest BCUT2D eigenvalue weighted by Crippen LogP contribution is -2.56. The Bertz CT molecular complexity index is 726. The minimum absolute atomic E-state index is 0.250. The van der Waals surface area contributed by atoms with E-state index in [1.165, 1.54) is 0 Å². The summed E-state index contributed by atoms with van der Waals surface area (Å²) in [7, 11) is 0. The van der Waals surface area contributed by atoms with Crippen molar-refractivity contribution in [1.82, 2.24) is 4.90 Å². The molecule has 0 aliphatic carbocycles. The van der Waals surface area contributed by atoms with Gasteiger partial charge in [-0.2, -0.15) is 0 Å². The van der Waals surface area contributed by atoms with E-state index in [1.54, 1.807) is 6.92 Å². The molecule has 1 heterocycles. The molecule has 0 bridgehead atoms. The molecule has 5 heteroatoms. The number of benzene rings is 2. The normalized spacial score (nSPS) is 20.3. The summed E-state index contributed by atoms with van der Waals surface area (Å²) >= 11 is 3.47. The molecular formula is C21H26BrNO3. The number of nitrogens with zero attached hydrogens (tertiary/aromatic N) is 1. The van der Waals surface area contributed by atoms with Gasteiger partial charge in [0, 0.05) is 23.5 Å². The van der Waals surface area contributed by atoms with E-state index in [4.69, 9.17) is 4.74 Å². The van der Waals surface area contributed by atoms with Crippen molar-refractivity contribution in [2.45, 2.75) is 31.6 Å². The highest BCUT2D eigenvalue weighted by molar-refractivity contribution is 9.10. The molecule has 1 aliphatic rings. The summed E-state index contributed by atoms with van der Waals surface area (Å²) in [5.74, 6) is -0.250. The molecule has 2 aromatic carbocycles. The van der Waals surface area contributed by atoms with Crippen molar-refractivity contribution < 1.29 is 14.9 Å². The molecule has 3 atom stereocenters. The van der Waals surface area contributed by atoms with Gasteiger partial charge in [-0.3, -0.25) is 4.90 Å². The van der Waals surface area contributed by atoms with Crippen LogP contribution in [0.3, 0.4) is 0 Å². The predicted molar refractivity (Wildman–Crippen MR) is 107 cm³/mol. The highest BCUT2D eigenvalue weighted by Gasteiger charge is 2.41. The first-order valence-corrected chi connectivity index (χ1v) is 9.77. The Morgan fingerprint density at radius 2 is 1.69 bits per heavy atom. The Hall–Kier alpha value is -1.24. The second-order valence-electron chi connectivity index (χ2n) is 7.06. The standard InChI is InChI=1S/C21H26BrNO3/c1-15(21(2,25)20(24)23-11-13-26-14-12-23)18-5-3-4-6-19(18)16-7-9-17(22)10-8-16/h3-10,15,20,24-25H,11-14H2,1-2H3. The van der Waals surface area contributed by atoms with Gasteiger partial charge >= 0.3 is 0 Å². The summed E-state index contributed by atoms with van der Waals surface area (Å²) in [6.45, 7) is 6.10. The fourth-order valence-electron chi connectivity index (χ4n) is 3.50. The molecule has 0 saturated carbocycles. The zero-order valence-corrected chi connectivity index (χ0v) is 16.8. The maximum absolute atomic E-state index is 11.2. The quantitative estimate of drug-likeness (QED) is 0.776. The van der Waals surface area contributed by atoms with E-state index in [-0.39, 0.29) is 5.92 Å². The third-order valence-corrected chi connectivity index (χ3v) is 5.90. The van der Waals surface area contributed by atoms with Gasteiger partial charge in [0.15, 0.2) is 0 Å². The Morgan fingerprint density at radius 3 is 2.35 bits per heavy atom. The summed E-state index contributed by atoms with van der Waals surface area (Å²) in [6, 6.07) is 16.2. The van der Waals surface area contributed by atoms with E-state index in [0.29, 0.717) is 26.3 Å². The van der Waals surface area contributed by atoms with Crippen LogP contribution in [0.25, 0.3) is 11.1 Å². The summed E-state index contributed by atoms with van der Waals surface area (Å²) in [6.07, 6.45) is -0.945. The summed E-state index contributed by atoms with van der Waals surface area (Å²) in [5.41, 5.74) is 1.89. The maximum Gasteiger partial charge on any atom is 0.136 e. The monoisotopic (exact) mass is 419 g/mol. The Balaban J connectivity index is 1.91. The Kier molecular flexibility index (Phi) is 6.15. The first kappa shape index (κ1) is 19.5. The lowest BCUT2D eigenvalue weighted by Gasteiger charge is -2.42. The molecular weight excluding hydrogens is 394 g/mol. The van der Waals surface area contributed by atoms with Gasteiger partial charge in [0.1, 0.15) is 11.8 Å². The molecule has 1 fully saturated rings. The molecule has 1 saturated heterocycles. The molecule has 0 radical (unpaired) electrons. The molecule has 0 amide bonds. The third-order valence-electron chi connectivity index (χ3n) is 5.37. The van der Waals surface area contributed by atoms with Gasteiger partial charge in [-0.25, -0.2) is 0 Å². The molecule has 26 heavy (non-hydrogen) atoms. The Labute approximate surface area is 163 Å². The minimum Gasteiger partial charge on any atom is -0.385 e. The minimum atomic E-state index is -1.29. The van der Waals surface area contributed by atoms with E-state index in [9.17, 15) is 10.2 Å². The van der Waals surface area contributed by atoms with Crippen LogP contribution in [-0.2, 0) is 4.74 Å². The van der Waals surface area contributed by atoms with E-state index < -0.39 is 11.8 Å². The van der Waals surface area contributed by atoms with Gasteiger partial charge in [0.2, 0.25) is 0 Å². The van der Waals surface area contributed by atoms with E-state index in [1.807, 2.05) is 42.2 Å². The highest BCUT2D eigenvalue weighted by atomic mass is 79.9. The molecule has 2 N–H and O–H groups in total. The first-order valence-electron chi connectivity index (χ1n) is 8.98. The molecule has 0 aromatic heterocycles. The van der Waals surface area contributed by atoms with Crippen LogP contribution in [0.4, 0.5) is 0 Å². The smallest absolute Gasteiger partial charge is 0.136 e. The SMILES string of the molecule is CC(c1ccccc1-c1ccc(Br)cc1)C(C)(O)C(O)N1CCOCC1. The van der Waals surface area contributed by atoms with Crippen molar-refractivity contribution in [3.05, 3.63) is 58.6 Å². The largest absolute Gasteiger partial charge is 0.385 e. The van der Waals surface area contributed by atoms with E-state index in [0.717, 1.165) is 21.2 Å². The van der Waals surface area contributed by atoms with Crippen molar-refractivity contribution in [1.29, 1.82) is 0 Å². The number of aliphatic hydroxyl groups is 2. The fourth-order valence-corrected chi connectivity index (χ4v) is 3.76. The lowest BCUT2D eigenvalue weighted by molar-refractivity contribution is -0.167. The van der Waals surface area contributed by atoms with Crippen LogP contribution in [0.15, 0.2) is 53.0 Å². The van der Waals surface area contributed by atoms with Crippen LogP contribution in [0.5, 0.6) is 0 Å². The van der Waals surface area contributed by atoms with Crippen molar-refractivity contribution in [2.24, 2.45) is 0 Å². The number of hydrogen-bond donors (Lipinski definition) is 2. The third kappa shape index (κ3) is 4.02. The summed E-state index contributed by atoms with van der Waals surface area (Å²) in [4.78, 5) is 1.89. The first-order chi connectivity index (χ1) is 12.4. The average molecular weight is 420 g/mol. The molecule has 1 aliphatic heterocycles. The van der Waals surface area contributed by atoms with E-state index >= 15 is 0 Å². The highest BCUT2D eigenvalue weighted by Crippen LogP contribution is 2.38. The zero-order chi connectivity index (χ0) is 18.7. The second-order valence-corrected chi connectivity index (χ2v) is 7.98. The van der Waals surface area contributed by atoms with Crippen molar-refractivity contribution in [2.75, 3.05) is 26.3 Å². The number of ether oxygens (including phenoxy) is 1. The fraction of sp³-hybridized carbons (Fsp3) is 0.429. The van der Waals surface area contributed by atoms with Crippen LogP contribution in [0.2, 0.25) is 0 Å². The van der Waals surface area contributed by atoms with Crippen LogP contribution in [0.1, 0.15) is 25.3 Å². The van der Waals surface area contributed by atoms with Gasteiger partial charge in [0.05, 0.1) is 13.2 Å². The maximum atomic E-state index is 11.2. The number of hydrogen-bond acceptors (Lipinski definition) is 4. The van der Waals surface area contributed by atoms with Crippen molar-refractivity contribution in [3.8, 4) is 11.1 Å². The van der Waals surface area contributed by atoms with Gasteiger partial charge in [-0.1, -0.05) is 59.3 Å².